The maximum atomic E-state index is 13.5. The molecule has 0 fully saturated rings. The Morgan fingerprint density at radius 3 is 2.37 bits per heavy atom. The lowest BCUT2D eigenvalue weighted by molar-refractivity contribution is -0.119. The van der Waals surface area contributed by atoms with Crippen LogP contribution in [0.2, 0.25) is 5.02 Å². The number of rotatable bonds is 10. The molecule has 184 valence electrons. The van der Waals surface area contributed by atoms with Gasteiger partial charge in [0.2, 0.25) is 0 Å². The first-order chi connectivity index (χ1) is 16.7. The zero-order valence-electron chi connectivity index (χ0n) is 19.9. The molecule has 3 aromatic rings. The smallest absolute Gasteiger partial charge is 0.264 e. The summed E-state index contributed by atoms with van der Waals surface area (Å²) in [5.41, 5.74) is 5.07. The summed E-state index contributed by atoms with van der Waals surface area (Å²) in [5.74, 6) is 0.164. The van der Waals surface area contributed by atoms with E-state index in [4.69, 9.17) is 16.3 Å². The molecule has 3 rings (SSSR count). The Balaban J connectivity index is 1.79. The number of carbonyl (C=O) groups is 1. The summed E-state index contributed by atoms with van der Waals surface area (Å²) < 4.78 is 33.6. The maximum absolute atomic E-state index is 13.5. The number of hydrazone groups is 1. The zero-order chi connectivity index (χ0) is 25.4. The highest BCUT2D eigenvalue weighted by Crippen LogP contribution is 2.29. The number of hydrogen-bond acceptors (Lipinski definition) is 5. The minimum absolute atomic E-state index is 0.0825. The van der Waals surface area contributed by atoms with Gasteiger partial charge in [-0.15, -0.1) is 0 Å². The number of sulfonamides is 1. The van der Waals surface area contributed by atoms with Crippen LogP contribution in [0.25, 0.3) is 0 Å². The van der Waals surface area contributed by atoms with Gasteiger partial charge in [0, 0.05) is 5.02 Å². The Bertz CT molecular complexity index is 1290. The third-order valence-electron chi connectivity index (χ3n) is 5.08. The summed E-state index contributed by atoms with van der Waals surface area (Å²) in [4.78, 5) is 12.8. The molecule has 0 atom stereocenters. The molecular weight excluding hydrogens is 486 g/mol. The van der Waals surface area contributed by atoms with Crippen LogP contribution in [0.4, 0.5) is 5.69 Å². The summed E-state index contributed by atoms with van der Waals surface area (Å²) in [6.45, 7) is 5.82. The Morgan fingerprint density at radius 1 is 1.06 bits per heavy atom. The third kappa shape index (κ3) is 7.07. The first kappa shape index (κ1) is 26.2. The lowest BCUT2D eigenvalue weighted by Gasteiger charge is -2.25. The summed E-state index contributed by atoms with van der Waals surface area (Å²) in [6.07, 6.45) is 2.40. The summed E-state index contributed by atoms with van der Waals surface area (Å²) >= 11 is 6.06. The largest absolute Gasteiger partial charge is 0.494 e. The summed E-state index contributed by atoms with van der Waals surface area (Å²) in [7, 11) is -4.03. The SMILES string of the molecule is CCCOc1ccc(/C=N\NC(=O)CN(c2ccc(Cl)cc2C)S(=O)(=O)c2ccc(C)cc2)cc1. The van der Waals surface area contributed by atoms with Gasteiger partial charge in [-0.2, -0.15) is 5.10 Å². The van der Waals surface area contributed by atoms with E-state index in [0.29, 0.717) is 22.9 Å². The molecule has 1 N–H and O–H groups in total. The highest BCUT2D eigenvalue weighted by molar-refractivity contribution is 7.92. The topological polar surface area (TPSA) is 88.1 Å². The molecule has 0 aliphatic heterocycles. The van der Waals surface area contributed by atoms with Crippen LogP contribution in [0.3, 0.4) is 0 Å². The fourth-order valence-corrected chi connectivity index (χ4v) is 4.96. The van der Waals surface area contributed by atoms with Crippen molar-refractivity contribution in [2.45, 2.75) is 32.1 Å². The van der Waals surface area contributed by atoms with Crippen LogP contribution in [-0.4, -0.2) is 33.7 Å². The van der Waals surface area contributed by atoms with Crippen molar-refractivity contribution in [3.63, 3.8) is 0 Å². The van der Waals surface area contributed by atoms with Crippen molar-refractivity contribution in [1.29, 1.82) is 0 Å². The van der Waals surface area contributed by atoms with Gasteiger partial charge in [0.05, 0.1) is 23.4 Å². The fraction of sp³-hybridized carbons (Fsp3) is 0.231. The van der Waals surface area contributed by atoms with Crippen LogP contribution >= 0.6 is 11.6 Å². The number of nitrogens with one attached hydrogen (secondary N) is 1. The van der Waals surface area contributed by atoms with E-state index < -0.39 is 22.5 Å². The quantitative estimate of drug-likeness (QED) is 0.302. The normalized spacial score (nSPS) is 11.4. The average molecular weight is 514 g/mol. The van der Waals surface area contributed by atoms with Gasteiger partial charge in [-0.3, -0.25) is 9.10 Å². The molecule has 3 aromatic carbocycles. The molecule has 7 nitrogen and oxygen atoms in total. The number of hydrogen-bond donors (Lipinski definition) is 1. The van der Waals surface area contributed by atoms with E-state index in [-0.39, 0.29) is 4.90 Å². The van der Waals surface area contributed by atoms with Gasteiger partial charge in [0.1, 0.15) is 12.3 Å². The number of carbonyl (C=O) groups excluding carboxylic acids is 1. The standard InChI is InChI=1S/C26H28ClN3O4S/c1-4-15-34-23-10-7-21(8-11-23)17-28-29-26(31)18-30(25-14-9-22(27)16-20(25)3)35(32,33)24-12-5-19(2)6-13-24/h5-14,16-17H,4,15,18H2,1-3H3,(H,29,31)/b28-17-. The van der Waals surface area contributed by atoms with Crippen LogP contribution < -0.4 is 14.5 Å². The Labute approximate surface area is 211 Å². The molecule has 0 spiro atoms. The molecule has 9 heteroatoms. The highest BCUT2D eigenvalue weighted by Gasteiger charge is 2.28. The van der Waals surface area contributed by atoms with Gasteiger partial charge >= 0.3 is 0 Å². The molecule has 0 bridgehead atoms. The molecular formula is C26H28ClN3O4S. The Kier molecular flexibility index (Phi) is 8.89. The second kappa shape index (κ2) is 11.9. The predicted molar refractivity (Wildman–Crippen MR) is 140 cm³/mol. The van der Waals surface area contributed by atoms with E-state index in [1.165, 1.54) is 18.3 Å². The van der Waals surface area contributed by atoms with Crippen molar-refractivity contribution in [2.24, 2.45) is 5.10 Å². The molecule has 0 radical (unpaired) electrons. The number of ether oxygens (including phenoxy) is 1. The van der Waals surface area contributed by atoms with Gasteiger partial charge in [0.15, 0.2) is 0 Å². The average Bonchev–Trinajstić information content (AvgIpc) is 2.83. The number of benzene rings is 3. The molecule has 35 heavy (non-hydrogen) atoms. The van der Waals surface area contributed by atoms with Crippen LogP contribution in [-0.2, 0) is 14.8 Å². The predicted octanol–water partition coefficient (Wildman–Crippen LogP) is 5.09. The van der Waals surface area contributed by atoms with E-state index in [9.17, 15) is 13.2 Å². The number of anilines is 1. The van der Waals surface area contributed by atoms with Gasteiger partial charge in [-0.05, 0) is 86.0 Å². The van der Waals surface area contributed by atoms with Gasteiger partial charge < -0.3 is 4.74 Å². The minimum Gasteiger partial charge on any atom is -0.494 e. The lowest BCUT2D eigenvalue weighted by atomic mass is 10.2. The lowest BCUT2D eigenvalue weighted by Crippen LogP contribution is -2.40. The second-order valence-corrected chi connectivity index (χ2v) is 10.3. The Hall–Kier alpha value is -3.36. The molecule has 0 saturated heterocycles. The van der Waals surface area contributed by atoms with E-state index in [1.807, 2.05) is 38.1 Å². The fourth-order valence-electron chi connectivity index (χ4n) is 3.25. The monoisotopic (exact) mass is 513 g/mol. The molecule has 0 saturated carbocycles. The van der Waals surface area contributed by atoms with Gasteiger partial charge in [0.25, 0.3) is 15.9 Å². The van der Waals surface area contributed by atoms with Crippen LogP contribution in [0.15, 0.2) is 76.7 Å². The number of amides is 1. The van der Waals surface area contributed by atoms with E-state index >= 15 is 0 Å². The van der Waals surface area contributed by atoms with Gasteiger partial charge in [-0.25, -0.2) is 13.8 Å². The van der Waals surface area contributed by atoms with Crippen molar-refractivity contribution in [3.05, 3.63) is 88.4 Å². The molecule has 0 aliphatic carbocycles. The first-order valence-corrected chi connectivity index (χ1v) is 12.9. The molecule has 0 aliphatic rings. The van der Waals surface area contributed by atoms with Crippen LogP contribution in [0.1, 0.15) is 30.0 Å². The maximum Gasteiger partial charge on any atom is 0.264 e. The van der Waals surface area contributed by atoms with E-state index in [2.05, 4.69) is 10.5 Å². The van der Waals surface area contributed by atoms with Crippen molar-refractivity contribution >= 4 is 39.4 Å². The first-order valence-electron chi connectivity index (χ1n) is 11.1. The van der Waals surface area contributed by atoms with Crippen LogP contribution in [0, 0.1) is 13.8 Å². The molecule has 0 unspecified atom stereocenters. The van der Waals surface area contributed by atoms with Crippen molar-refractivity contribution in [1.82, 2.24) is 5.43 Å². The molecule has 0 aromatic heterocycles. The van der Waals surface area contributed by atoms with E-state index in [0.717, 1.165) is 27.6 Å². The third-order valence-corrected chi connectivity index (χ3v) is 7.09. The highest BCUT2D eigenvalue weighted by atomic mass is 35.5. The minimum atomic E-state index is -4.03. The van der Waals surface area contributed by atoms with Crippen LogP contribution in [0.5, 0.6) is 5.75 Å². The summed E-state index contributed by atoms with van der Waals surface area (Å²) in [5, 5.41) is 4.45. The van der Waals surface area contributed by atoms with Crippen molar-refractivity contribution in [3.8, 4) is 5.75 Å². The second-order valence-electron chi connectivity index (χ2n) is 7.97. The number of aryl methyl sites for hydroxylation is 2. The summed E-state index contributed by atoms with van der Waals surface area (Å²) in [6, 6.07) is 18.5. The van der Waals surface area contributed by atoms with Crippen molar-refractivity contribution in [2.75, 3.05) is 17.5 Å². The van der Waals surface area contributed by atoms with Crippen molar-refractivity contribution < 1.29 is 17.9 Å². The van der Waals surface area contributed by atoms with Gasteiger partial charge in [-0.1, -0.05) is 36.2 Å². The number of halogens is 1. The molecule has 0 heterocycles. The Morgan fingerprint density at radius 2 is 1.74 bits per heavy atom. The zero-order valence-corrected chi connectivity index (χ0v) is 21.4. The number of nitrogens with zero attached hydrogens (tertiary/aromatic N) is 2. The van der Waals surface area contributed by atoms with E-state index in [1.54, 1.807) is 37.3 Å². The molecule has 1 amide bonds.